The zero-order valence-electron chi connectivity index (χ0n) is 12.6. The number of fused-ring (bicyclic) bond motifs is 1. The van der Waals surface area contributed by atoms with Crippen LogP contribution in [0.2, 0.25) is 0 Å². The second-order valence-corrected chi connectivity index (χ2v) is 5.98. The summed E-state index contributed by atoms with van der Waals surface area (Å²) in [5.74, 6) is 0.138. The van der Waals surface area contributed by atoms with Gasteiger partial charge in [-0.05, 0) is 44.0 Å². The maximum absolute atomic E-state index is 12.3. The van der Waals surface area contributed by atoms with Gasteiger partial charge in [-0.3, -0.25) is 4.79 Å². The van der Waals surface area contributed by atoms with Crippen LogP contribution < -0.4 is 10.6 Å². The molecule has 0 aliphatic carbocycles. The maximum atomic E-state index is 12.3. The van der Waals surface area contributed by atoms with E-state index in [2.05, 4.69) is 21.7 Å². The molecule has 1 aliphatic rings. The summed E-state index contributed by atoms with van der Waals surface area (Å²) in [6, 6.07) is 7.85. The summed E-state index contributed by atoms with van der Waals surface area (Å²) in [7, 11) is 0. The third-order valence-electron chi connectivity index (χ3n) is 4.42. The molecule has 1 fully saturated rings. The molecule has 1 amide bonds. The van der Waals surface area contributed by atoms with Crippen LogP contribution in [0.1, 0.15) is 18.4 Å². The number of benzene rings is 1. The third-order valence-corrected chi connectivity index (χ3v) is 4.42. The number of aromatic amines is 1. The van der Waals surface area contributed by atoms with Gasteiger partial charge in [0.15, 0.2) is 0 Å². The highest BCUT2D eigenvalue weighted by Crippen LogP contribution is 2.19. The zero-order valence-corrected chi connectivity index (χ0v) is 12.6. The van der Waals surface area contributed by atoms with Gasteiger partial charge in [0, 0.05) is 23.0 Å². The van der Waals surface area contributed by atoms with E-state index in [4.69, 9.17) is 0 Å². The Hall–Kier alpha value is -1.85. The first-order chi connectivity index (χ1) is 10.8. The van der Waals surface area contributed by atoms with Gasteiger partial charge in [0.05, 0.1) is 12.6 Å². The number of amides is 1. The molecule has 1 aromatic heterocycles. The Balaban J connectivity index is 1.65. The molecule has 2 aromatic rings. The van der Waals surface area contributed by atoms with Crippen LogP contribution >= 0.6 is 0 Å². The molecule has 0 saturated carbocycles. The second-order valence-electron chi connectivity index (χ2n) is 5.98. The Kier molecular flexibility index (Phi) is 4.75. The smallest absolute Gasteiger partial charge is 0.223 e. The highest BCUT2D eigenvalue weighted by atomic mass is 16.3. The van der Waals surface area contributed by atoms with Crippen LogP contribution in [-0.2, 0) is 11.2 Å². The molecule has 1 aromatic carbocycles. The molecule has 5 nitrogen and oxygen atoms in total. The minimum absolute atomic E-state index is 0.0454. The number of rotatable bonds is 5. The van der Waals surface area contributed by atoms with Crippen LogP contribution in [0.5, 0.6) is 0 Å². The second kappa shape index (κ2) is 6.94. The van der Waals surface area contributed by atoms with E-state index in [1.54, 1.807) is 0 Å². The molecule has 1 aliphatic heterocycles. The lowest BCUT2D eigenvalue weighted by atomic mass is 9.96. The summed E-state index contributed by atoms with van der Waals surface area (Å²) in [5.41, 5.74) is 2.21. The predicted octanol–water partition coefficient (Wildman–Crippen LogP) is 1.19. The number of nitrogens with one attached hydrogen (secondary N) is 3. The van der Waals surface area contributed by atoms with Crippen molar-refractivity contribution in [1.29, 1.82) is 0 Å². The van der Waals surface area contributed by atoms with Gasteiger partial charge in [0.2, 0.25) is 5.91 Å². The number of piperidine rings is 1. The molecule has 4 N–H and O–H groups in total. The van der Waals surface area contributed by atoms with E-state index in [9.17, 15) is 9.90 Å². The van der Waals surface area contributed by atoms with Gasteiger partial charge in [-0.2, -0.15) is 0 Å². The van der Waals surface area contributed by atoms with Gasteiger partial charge in [0.1, 0.15) is 0 Å². The summed E-state index contributed by atoms with van der Waals surface area (Å²) in [4.78, 5) is 15.5. The SMILES string of the molecule is O=C(NC(CO)Cc1c[nH]c2ccccc12)C1CCNCC1. The average molecular weight is 301 g/mol. The molecule has 1 unspecified atom stereocenters. The van der Waals surface area contributed by atoms with Crippen LogP contribution in [0.15, 0.2) is 30.5 Å². The van der Waals surface area contributed by atoms with Gasteiger partial charge in [-0.1, -0.05) is 18.2 Å². The highest BCUT2D eigenvalue weighted by Gasteiger charge is 2.23. The summed E-state index contributed by atoms with van der Waals surface area (Å²) < 4.78 is 0. The fraction of sp³-hybridized carbons (Fsp3) is 0.471. The fourth-order valence-corrected chi connectivity index (χ4v) is 3.13. The van der Waals surface area contributed by atoms with Crippen molar-refractivity contribution in [3.63, 3.8) is 0 Å². The fourth-order valence-electron chi connectivity index (χ4n) is 3.13. The first kappa shape index (κ1) is 15.1. The van der Waals surface area contributed by atoms with Gasteiger partial charge >= 0.3 is 0 Å². The van der Waals surface area contributed by atoms with Crippen molar-refractivity contribution in [3.8, 4) is 0 Å². The molecule has 118 valence electrons. The summed E-state index contributed by atoms with van der Waals surface area (Å²) in [5, 5.41) is 17.0. The third kappa shape index (κ3) is 3.31. The average Bonchev–Trinajstić information content (AvgIpc) is 2.98. The Morgan fingerprint density at radius 2 is 2.09 bits per heavy atom. The minimum Gasteiger partial charge on any atom is -0.394 e. The Morgan fingerprint density at radius 3 is 2.86 bits per heavy atom. The number of H-pyrrole nitrogens is 1. The van der Waals surface area contributed by atoms with Crippen molar-refractivity contribution in [2.45, 2.75) is 25.3 Å². The molecular formula is C17H23N3O2. The standard InChI is InChI=1S/C17H23N3O2/c21-11-14(20-17(22)12-5-7-18-8-6-12)9-13-10-19-16-4-2-1-3-15(13)16/h1-4,10,12,14,18-19,21H,5-9,11H2,(H,20,22). The monoisotopic (exact) mass is 301 g/mol. The van der Waals surface area contributed by atoms with Crippen molar-refractivity contribution < 1.29 is 9.90 Å². The number of aromatic nitrogens is 1. The topological polar surface area (TPSA) is 77.2 Å². The van der Waals surface area contributed by atoms with Gasteiger partial charge in [0.25, 0.3) is 0 Å². The van der Waals surface area contributed by atoms with Crippen molar-refractivity contribution >= 4 is 16.8 Å². The van der Waals surface area contributed by atoms with Gasteiger partial charge in [-0.25, -0.2) is 0 Å². The Morgan fingerprint density at radius 1 is 1.32 bits per heavy atom. The van der Waals surface area contributed by atoms with E-state index >= 15 is 0 Å². The quantitative estimate of drug-likeness (QED) is 0.670. The van der Waals surface area contributed by atoms with E-state index < -0.39 is 0 Å². The van der Waals surface area contributed by atoms with E-state index in [0.29, 0.717) is 6.42 Å². The Bertz CT molecular complexity index is 632. The first-order valence-electron chi connectivity index (χ1n) is 7.95. The predicted molar refractivity (Wildman–Crippen MR) is 86.6 cm³/mol. The van der Waals surface area contributed by atoms with Crippen molar-refractivity contribution in [2.75, 3.05) is 19.7 Å². The number of aliphatic hydroxyl groups is 1. The number of aliphatic hydroxyl groups excluding tert-OH is 1. The van der Waals surface area contributed by atoms with Gasteiger partial charge in [-0.15, -0.1) is 0 Å². The molecule has 3 rings (SSSR count). The van der Waals surface area contributed by atoms with E-state index in [1.807, 2.05) is 24.4 Å². The first-order valence-corrected chi connectivity index (χ1v) is 7.95. The van der Waals surface area contributed by atoms with Crippen molar-refractivity contribution in [2.24, 2.45) is 5.92 Å². The molecule has 0 radical (unpaired) electrons. The lowest BCUT2D eigenvalue weighted by molar-refractivity contribution is -0.126. The van der Waals surface area contributed by atoms with Crippen molar-refractivity contribution in [1.82, 2.24) is 15.6 Å². The lowest BCUT2D eigenvalue weighted by Gasteiger charge is -2.24. The molecule has 2 heterocycles. The van der Waals surface area contributed by atoms with Crippen LogP contribution in [0.4, 0.5) is 0 Å². The number of hydrogen-bond donors (Lipinski definition) is 4. The number of carbonyl (C=O) groups is 1. The summed E-state index contributed by atoms with van der Waals surface area (Å²) in [6.45, 7) is 1.74. The van der Waals surface area contributed by atoms with E-state index in [0.717, 1.165) is 42.4 Å². The van der Waals surface area contributed by atoms with Crippen LogP contribution in [-0.4, -0.2) is 41.7 Å². The van der Waals surface area contributed by atoms with Gasteiger partial charge < -0.3 is 20.7 Å². The number of carbonyl (C=O) groups excluding carboxylic acids is 1. The molecule has 5 heteroatoms. The van der Waals surface area contributed by atoms with E-state index in [-0.39, 0.29) is 24.5 Å². The molecule has 1 saturated heterocycles. The minimum atomic E-state index is -0.235. The molecule has 0 bridgehead atoms. The Labute approximate surface area is 130 Å². The number of hydrogen-bond acceptors (Lipinski definition) is 3. The lowest BCUT2D eigenvalue weighted by Crippen LogP contribution is -2.45. The summed E-state index contributed by atoms with van der Waals surface area (Å²) >= 11 is 0. The maximum Gasteiger partial charge on any atom is 0.223 e. The van der Waals surface area contributed by atoms with Crippen molar-refractivity contribution in [3.05, 3.63) is 36.0 Å². The summed E-state index contributed by atoms with van der Waals surface area (Å²) in [6.07, 6.45) is 4.34. The molecular weight excluding hydrogens is 278 g/mol. The molecule has 0 spiro atoms. The van der Waals surface area contributed by atoms with Crippen LogP contribution in [0.3, 0.4) is 0 Å². The van der Waals surface area contributed by atoms with E-state index in [1.165, 1.54) is 0 Å². The highest BCUT2D eigenvalue weighted by molar-refractivity contribution is 5.83. The largest absolute Gasteiger partial charge is 0.394 e. The molecule has 22 heavy (non-hydrogen) atoms. The number of para-hydroxylation sites is 1. The van der Waals surface area contributed by atoms with Crippen LogP contribution in [0, 0.1) is 5.92 Å². The zero-order chi connectivity index (χ0) is 15.4. The molecule has 1 atom stereocenters. The van der Waals surface area contributed by atoms with Crippen LogP contribution in [0.25, 0.3) is 10.9 Å². The normalized spacial score (nSPS) is 17.5.